The van der Waals surface area contributed by atoms with Crippen LogP contribution in [-0.4, -0.2) is 83.5 Å². The topological polar surface area (TPSA) is 137 Å². The van der Waals surface area contributed by atoms with Crippen molar-refractivity contribution in [3.05, 3.63) is 0 Å². The van der Waals surface area contributed by atoms with Crippen LogP contribution in [0.15, 0.2) is 0 Å². The molecule has 1 saturated heterocycles. The molecule has 0 radical (unpaired) electrons. The van der Waals surface area contributed by atoms with Crippen molar-refractivity contribution in [3.8, 4) is 0 Å². The largest absolute Gasteiger partial charge is 0.481 e. The lowest BCUT2D eigenvalue weighted by atomic mass is 9.99. The second-order valence-electron chi connectivity index (χ2n) is 8.50. The second-order valence-corrected chi connectivity index (χ2v) is 13.8. The van der Waals surface area contributed by atoms with Gasteiger partial charge < -0.3 is 35.0 Å². The Morgan fingerprint density at radius 1 is 0.929 bits per heavy atom. The van der Waals surface area contributed by atoms with Gasteiger partial charge in [0.15, 0.2) is 6.29 Å². The average molecular weight is 423 g/mol. The maximum atomic E-state index is 10.5. The van der Waals surface area contributed by atoms with Gasteiger partial charge in [-0.1, -0.05) is 51.2 Å². The van der Waals surface area contributed by atoms with Gasteiger partial charge in [-0.25, -0.2) is 0 Å². The third-order valence-electron chi connectivity index (χ3n) is 5.40. The van der Waals surface area contributed by atoms with Crippen LogP contribution in [0.2, 0.25) is 25.2 Å². The van der Waals surface area contributed by atoms with Crippen LogP contribution < -0.4 is 0 Å². The summed E-state index contributed by atoms with van der Waals surface area (Å²) in [5.74, 6) is -0.723. The highest BCUT2D eigenvalue weighted by Crippen LogP contribution is 2.24. The molecule has 1 aliphatic rings. The van der Waals surface area contributed by atoms with Gasteiger partial charge in [0, 0.05) is 21.1 Å². The highest BCUT2D eigenvalue weighted by Gasteiger charge is 2.44. The molecule has 0 saturated carbocycles. The van der Waals surface area contributed by atoms with Gasteiger partial charge in [0.25, 0.3) is 0 Å². The zero-order chi connectivity index (χ0) is 21.2. The van der Waals surface area contributed by atoms with E-state index >= 15 is 0 Å². The number of ether oxygens (including phenoxy) is 2. The summed E-state index contributed by atoms with van der Waals surface area (Å²) in [5, 5.41) is 47.3. The van der Waals surface area contributed by atoms with Crippen LogP contribution in [0.4, 0.5) is 0 Å². The predicted octanol–water partition coefficient (Wildman–Crippen LogP) is 1.33. The monoisotopic (exact) mass is 422 g/mol. The summed E-state index contributed by atoms with van der Waals surface area (Å²) in [6.07, 6.45) is 0.390. The highest BCUT2D eigenvalue weighted by molar-refractivity contribution is 6.77. The standard InChI is InChI=1S/C19H38O8Si/c1-28(2,11-8-6-4-3-5-7-9-15(21)22)12-10-26-19-18(25)17(24)16(23)14(13-20)27-19/h14,16-20,23-25H,3-13H2,1-2H3,(H,21,22)/t14-,16-,17+,18-,19-/m1/s1. The number of aliphatic carboxylic acids is 1. The van der Waals surface area contributed by atoms with Crippen molar-refractivity contribution in [1.82, 2.24) is 0 Å². The minimum absolute atomic E-state index is 0.258. The molecule has 28 heavy (non-hydrogen) atoms. The fourth-order valence-electron chi connectivity index (χ4n) is 3.37. The molecule has 1 aliphatic heterocycles. The minimum atomic E-state index is -1.46. The van der Waals surface area contributed by atoms with Crippen molar-refractivity contribution in [1.29, 1.82) is 0 Å². The Balaban J connectivity index is 2.18. The first-order chi connectivity index (χ1) is 13.2. The number of aliphatic hydroxyl groups excluding tert-OH is 4. The second kappa shape index (κ2) is 12.9. The summed E-state index contributed by atoms with van der Waals surface area (Å²) in [5.41, 5.74) is 0. The summed E-state index contributed by atoms with van der Waals surface area (Å²) < 4.78 is 11.0. The maximum Gasteiger partial charge on any atom is 0.303 e. The molecule has 1 fully saturated rings. The van der Waals surface area contributed by atoms with E-state index in [4.69, 9.17) is 14.6 Å². The van der Waals surface area contributed by atoms with Crippen molar-refractivity contribution < 1.29 is 39.8 Å². The molecule has 5 atom stereocenters. The van der Waals surface area contributed by atoms with Crippen molar-refractivity contribution in [2.75, 3.05) is 13.2 Å². The molecule has 0 unspecified atom stereocenters. The number of rotatable bonds is 14. The van der Waals surface area contributed by atoms with E-state index in [-0.39, 0.29) is 6.42 Å². The number of unbranched alkanes of at least 4 members (excludes halogenated alkanes) is 5. The minimum Gasteiger partial charge on any atom is -0.481 e. The molecule has 0 spiro atoms. The molecule has 0 amide bonds. The van der Waals surface area contributed by atoms with E-state index in [1.807, 2.05) is 0 Å². The van der Waals surface area contributed by atoms with E-state index in [1.165, 1.54) is 6.04 Å². The lowest BCUT2D eigenvalue weighted by Crippen LogP contribution is -2.59. The van der Waals surface area contributed by atoms with Gasteiger partial charge in [-0.05, 0) is 12.5 Å². The molecule has 0 aromatic heterocycles. The zero-order valence-corrected chi connectivity index (χ0v) is 18.1. The number of carboxylic acid groups (broad SMARTS) is 1. The number of aliphatic hydroxyl groups is 4. The van der Waals surface area contributed by atoms with Crippen molar-refractivity contribution in [2.24, 2.45) is 0 Å². The third kappa shape index (κ3) is 9.30. The van der Waals surface area contributed by atoms with E-state index in [2.05, 4.69) is 13.1 Å². The molecule has 0 bridgehead atoms. The molecule has 166 valence electrons. The lowest BCUT2D eigenvalue weighted by Gasteiger charge is -2.39. The molecule has 0 aromatic rings. The van der Waals surface area contributed by atoms with E-state index in [9.17, 15) is 25.2 Å². The summed E-state index contributed by atoms with van der Waals surface area (Å²) in [6, 6.07) is 2.06. The smallest absolute Gasteiger partial charge is 0.303 e. The van der Waals surface area contributed by atoms with Crippen LogP contribution >= 0.6 is 0 Å². The molecule has 5 N–H and O–H groups in total. The summed E-state index contributed by atoms with van der Waals surface area (Å²) in [7, 11) is -1.46. The summed E-state index contributed by atoms with van der Waals surface area (Å²) >= 11 is 0. The number of hydrogen-bond donors (Lipinski definition) is 5. The molecule has 1 rings (SSSR count). The van der Waals surface area contributed by atoms with Gasteiger partial charge in [0.2, 0.25) is 0 Å². The first-order valence-electron chi connectivity index (χ1n) is 10.3. The third-order valence-corrected chi connectivity index (χ3v) is 8.67. The number of hydrogen-bond acceptors (Lipinski definition) is 7. The fraction of sp³-hybridized carbons (Fsp3) is 0.947. The summed E-state index contributed by atoms with van der Waals surface area (Å²) in [6.45, 7) is 4.52. The van der Waals surface area contributed by atoms with E-state index < -0.39 is 51.4 Å². The normalized spacial score (nSPS) is 28.4. The first kappa shape index (κ1) is 25.5. The Morgan fingerprint density at radius 3 is 2.14 bits per heavy atom. The van der Waals surface area contributed by atoms with Crippen LogP contribution in [0.1, 0.15) is 44.9 Å². The number of carbonyl (C=O) groups is 1. The maximum absolute atomic E-state index is 10.5. The Hall–Kier alpha value is -0.553. The quantitative estimate of drug-likeness (QED) is 0.209. The fourth-order valence-corrected chi connectivity index (χ4v) is 5.50. The molecular weight excluding hydrogens is 384 g/mol. The van der Waals surface area contributed by atoms with Crippen molar-refractivity contribution >= 4 is 14.0 Å². The molecule has 9 heteroatoms. The average Bonchev–Trinajstić information content (AvgIpc) is 2.63. The van der Waals surface area contributed by atoms with Crippen LogP contribution in [0.25, 0.3) is 0 Å². The van der Waals surface area contributed by atoms with Crippen LogP contribution in [-0.2, 0) is 14.3 Å². The zero-order valence-electron chi connectivity index (χ0n) is 17.1. The molecule has 0 aliphatic carbocycles. The molecule has 8 nitrogen and oxygen atoms in total. The Kier molecular flexibility index (Phi) is 11.7. The molecule has 1 heterocycles. The van der Waals surface area contributed by atoms with Gasteiger partial charge in [-0.3, -0.25) is 4.79 Å². The Labute approximate surface area is 168 Å². The number of carboxylic acids is 1. The first-order valence-corrected chi connectivity index (χ1v) is 13.7. The molecular formula is C19H38O8Si. The van der Waals surface area contributed by atoms with Gasteiger partial charge in [-0.2, -0.15) is 0 Å². The molecule has 0 aromatic carbocycles. The highest BCUT2D eigenvalue weighted by atomic mass is 28.3. The van der Waals surface area contributed by atoms with Crippen LogP contribution in [0.3, 0.4) is 0 Å². The Bertz CT molecular complexity index is 446. The summed E-state index contributed by atoms with van der Waals surface area (Å²) in [4.78, 5) is 10.5. The van der Waals surface area contributed by atoms with Gasteiger partial charge in [-0.15, -0.1) is 0 Å². The van der Waals surface area contributed by atoms with Crippen molar-refractivity contribution in [3.63, 3.8) is 0 Å². The van der Waals surface area contributed by atoms with Gasteiger partial charge in [0.1, 0.15) is 24.4 Å². The lowest BCUT2D eigenvalue weighted by molar-refractivity contribution is -0.300. The van der Waals surface area contributed by atoms with Gasteiger partial charge >= 0.3 is 5.97 Å². The van der Waals surface area contributed by atoms with Gasteiger partial charge in [0.05, 0.1) is 6.61 Å². The van der Waals surface area contributed by atoms with Crippen LogP contribution in [0.5, 0.6) is 0 Å². The SMILES string of the molecule is C[Si](C)(CCCCCCCCC(=O)O)CCO[C@@H]1O[C@H](CO)[C@@H](O)[C@H](O)[C@H]1O. The van der Waals surface area contributed by atoms with Crippen molar-refractivity contribution in [2.45, 2.75) is 101 Å². The predicted molar refractivity (Wildman–Crippen MR) is 107 cm³/mol. The van der Waals surface area contributed by atoms with Crippen LogP contribution in [0, 0.1) is 0 Å². The Morgan fingerprint density at radius 2 is 1.54 bits per heavy atom. The van der Waals surface area contributed by atoms with E-state index in [1.54, 1.807) is 0 Å². The van der Waals surface area contributed by atoms with E-state index in [0.29, 0.717) is 6.61 Å². The van der Waals surface area contributed by atoms with E-state index in [0.717, 1.165) is 44.6 Å².